The molecule has 2 aliphatic carbocycles. The summed E-state index contributed by atoms with van der Waals surface area (Å²) in [5.74, 6) is 0.860. The predicted molar refractivity (Wildman–Crippen MR) is 98.6 cm³/mol. The topological polar surface area (TPSA) is 53.6 Å². The minimum Gasteiger partial charge on any atom is -0.379 e. The number of likely N-dealkylation sites (N-methyl/N-ethyl adjacent to an activating group) is 1. The molecule has 0 aromatic carbocycles. The molecule has 3 unspecified atom stereocenters. The molecule has 3 fully saturated rings. The summed E-state index contributed by atoms with van der Waals surface area (Å²) in [6.45, 7) is 3.09. The fourth-order valence-corrected chi connectivity index (χ4v) is 4.60. The van der Waals surface area contributed by atoms with Crippen LogP contribution in [0.5, 0.6) is 0 Å². The Balaban J connectivity index is 0.00000208. The summed E-state index contributed by atoms with van der Waals surface area (Å²) in [6.07, 6.45) is 9.91. The van der Waals surface area contributed by atoms with Gasteiger partial charge in [-0.2, -0.15) is 0 Å². The van der Waals surface area contributed by atoms with Crippen molar-refractivity contribution >= 4 is 18.3 Å². The predicted octanol–water partition coefficient (Wildman–Crippen LogP) is 1.95. The van der Waals surface area contributed by atoms with Crippen molar-refractivity contribution in [2.45, 2.75) is 69.5 Å². The lowest BCUT2D eigenvalue weighted by atomic mass is 9.93. The van der Waals surface area contributed by atoms with Gasteiger partial charge in [-0.15, -0.1) is 12.4 Å². The molecule has 0 spiro atoms. The molecule has 1 aliphatic heterocycles. The molecule has 3 rings (SSSR count). The summed E-state index contributed by atoms with van der Waals surface area (Å²) in [7, 11) is 1.99. The van der Waals surface area contributed by atoms with E-state index < -0.39 is 0 Å². The van der Waals surface area contributed by atoms with Crippen molar-refractivity contribution in [3.05, 3.63) is 0 Å². The average Bonchev–Trinajstić information content (AvgIpc) is 3.09. The molecule has 2 N–H and O–H groups in total. The highest BCUT2D eigenvalue weighted by molar-refractivity contribution is 5.85. The number of halogens is 1. The number of nitrogens with zero attached hydrogens (tertiary/aromatic N) is 1. The number of carbonyl (C=O) groups is 1. The molecule has 5 nitrogen and oxygen atoms in total. The highest BCUT2D eigenvalue weighted by Gasteiger charge is 2.35. The van der Waals surface area contributed by atoms with E-state index in [9.17, 15) is 4.79 Å². The van der Waals surface area contributed by atoms with E-state index in [1.165, 1.54) is 51.4 Å². The normalized spacial score (nSPS) is 31.5. The number of rotatable bonds is 5. The molecule has 140 valence electrons. The van der Waals surface area contributed by atoms with Crippen LogP contribution in [0.25, 0.3) is 0 Å². The Hall–Kier alpha value is -0.360. The van der Waals surface area contributed by atoms with Gasteiger partial charge < -0.3 is 20.3 Å². The highest BCUT2D eigenvalue weighted by Crippen LogP contribution is 2.29. The minimum atomic E-state index is 0. The summed E-state index contributed by atoms with van der Waals surface area (Å²) < 4.78 is 5.62. The van der Waals surface area contributed by atoms with Crippen molar-refractivity contribution in [2.75, 3.05) is 33.4 Å². The highest BCUT2D eigenvalue weighted by atomic mass is 35.5. The zero-order valence-corrected chi connectivity index (χ0v) is 15.8. The fourth-order valence-electron chi connectivity index (χ4n) is 4.60. The van der Waals surface area contributed by atoms with Gasteiger partial charge in [0.2, 0.25) is 5.91 Å². The second-order valence-corrected chi connectivity index (χ2v) is 7.51. The third kappa shape index (κ3) is 5.07. The van der Waals surface area contributed by atoms with Gasteiger partial charge in [0.1, 0.15) is 0 Å². The van der Waals surface area contributed by atoms with Gasteiger partial charge in [0.25, 0.3) is 0 Å². The molecule has 1 heterocycles. The first-order valence-corrected chi connectivity index (χ1v) is 9.56. The summed E-state index contributed by atoms with van der Waals surface area (Å²) in [5, 5.41) is 7.15. The van der Waals surface area contributed by atoms with Gasteiger partial charge in [0.05, 0.1) is 19.8 Å². The van der Waals surface area contributed by atoms with E-state index in [-0.39, 0.29) is 18.3 Å². The molecule has 2 saturated carbocycles. The molecule has 0 aromatic rings. The van der Waals surface area contributed by atoms with Gasteiger partial charge in [-0.25, -0.2) is 0 Å². The lowest BCUT2D eigenvalue weighted by Gasteiger charge is -2.34. The zero-order chi connectivity index (χ0) is 16.1. The van der Waals surface area contributed by atoms with Crippen molar-refractivity contribution in [1.29, 1.82) is 0 Å². The molecular formula is C18H34ClN3O2. The van der Waals surface area contributed by atoms with Crippen LogP contribution in [-0.2, 0) is 9.53 Å². The summed E-state index contributed by atoms with van der Waals surface area (Å²) >= 11 is 0. The average molecular weight is 360 g/mol. The SMILES string of the molecule is CN(C(=O)CNC1CCCC1C1COCCN1)C1CCCCC1.Cl. The van der Waals surface area contributed by atoms with Crippen molar-refractivity contribution in [3.63, 3.8) is 0 Å². The Morgan fingerprint density at radius 3 is 2.67 bits per heavy atom. The molecule has 3 atom stereocenters. The van der Waals surface area contributed by atoms with Crippen LogP contribution in [0.1, 0.15) is 51.4 Å². The molecule has 24 heavy (non-hydrogen) atoms. The van der Waals surface area contributed by atoms with Crippen LogP contribution in [0.15, 0.2) is 0 Å². The molecule has 1 amide bonds. The Morgan fingerprint density at radius 2 is 1.96 bits per heavy atom. The van der Waals surface area contributed by atoms with Crippen molar-refractivity contribution in [3.8, 4) is 0 Å². The van der Waals surface area contributed by atoms with Crippen LogP contribution in [0, 0.1) is 5.92 Å². The van der Waals surface area contributed by atoms with Crippen LogP contribution in [0.3, 0.4) is 0 Å². The first-order chi connectivity index (χ1) is 11.3. The van der Waals surface area contributed by atoms with Gasteiger partial charge in [-0.05, 0) is 31.6 Å². The number of nitrogens with one attached hydrogen (secondary N) is 2. The van der Waals surface area contributed by atoms with Crippen LogP contribution in [0.4, 0.5) is 0 Å². The van der Waals surface area contributed by atoms with Gasteiger partial charge in [0, 0.05) is 31.7 Å². The fraction of sp³-hybridized carbons (Fsp3) is 0.944. The maximum Gasteiger partial charge on any atom is 0.236 e. The Morgan fingerprint density at radius 1 is 1.17 bits per heavy atom. The second kappa shape index (κ2) is 9.95. The second-order valence-electron chi connectivity index (χ2n) is 7.51. The first-order valence-electron chi connectivity index (χ1n) is 9.56. The van der Waals surface area contributed by atoms with Crippen molar-refractivity contribution < 1.29 is 9.53 Å². The van der Waals surface area contributed by atoms with E-state index in [0.717, 1.165) is 19.8 Å². The number of hydrogen-bond acceptors (Lipinski definition) is 4. The van der Waals surface area contributed by atoms with Crippen molar-refractivity contribution in [2.24, 2.45) is 5.92 Å². The maximum atomic E-state index is 12.5. The summed E-state index contributed by atoms with van der Waals surface area (Å²) in [4.78, 5) is 14.5. The Bertz CT molecular complexity index is 384. The van der Waals surface area contributed by atoms with Crippen LogP contribution < -0.4 is 10.6 Å². The van der Waals surface area contributed by atoms with E-state index in [1.807, 2.05) is 11.9 Å². The molecule has 0 radical (unpaired) electrons. The molecule has 6 heteroatoms. The first kappa shape index (κ1) is 20.0. The van der Waals surface area contributed by atoms with E-state index in [1.54, 1.807) is 0 Å². The number of hydrogen-bond donors (Lipinski definition) is 2. The van der Waals surface area contributed by atoms with E-state index in [4.69, 9.17) is 4.74 Å². The maximum absolute atomic E-state index is 12.5. The number of ether oxygens (including phenoxy) is 1. The Kier molecular flexibility index (Phi) is 8.28. The molecule has 3 aliphatic rings. The van der Waals surface area contributed by atoms with Gasteiger partial charge in [0.15, 0.2) is 0 Å². The largest absolute Gasteiger partial charge is 0.379 e. The third-order valence-corrected chi connectivity index (χ3v) is 6.07. The van der Waals surface area contributed by atoms with Crippen LogP contribution >= 0.6 is 12.4 Å². The zero-order valence-electron chi connectivity index (χ0n) is 15.0. The van der Waals surface area contributed by atoms with Gasteiger partial charge >= 0.3 is 0 Å². The molecule has 0 aromatic heterocycles. The minimum absolute atomic E-state index is 0. The lowest BCUT2D eigenvalue weighted by molar-refractivity contribution is -0.131. The van der Waals surface area contributed by atoms with Gasteiger partial charge in [-0.1, -0.05) is 25.7 Å². The van der Waals surface area contributed by atoms with Gasteiger partial charge in [-0.3, -0.25) is 4.79 Å². The monoisotopic (exact) mass is 359 g/mol. The molecule has 1 saturated heterocycles. The van der Waals surface area contributed by atoms with Crippen LogP contribution in [0.2, 0.25) is 0 Å². The van der Waals surface area contributed by atoms with E-state index in [2.05, 4.69) is 10.6 Å². The quantitative estimate of drug-likeness (QED) is 0.787. The third-order valence-electron chi connectivity index (χ3n) is 6.07. The molecule has 0 bridgehead atoms. The van der Waals surface area contributed by atoms with Crippen LogP contribution in [-0.4, -0.2) is 62.3 Å². The lowest BCUT2D eigenvalue weighted by Crippen LogP contribution is -2.52. The number of carbonyl (C=O) groups excluding carboxylic acids is 1. The Labute approximate surface area is 152 Å². The van der Waals surface area contributed by atoms with Crippen molar-refractivity contribution in [1.82, 2.24) is 15.5 Å². The number of amides is 1. The van der Waals surface area contributed by atoms with E-state index >= 15 is 0 Å². The summed E-state index contributed by atoms with van der Waals surface area (Å²) in [6, 6.07) is 1.37. The van der Waals surface area contributed by atoms with E-state index in [0.29, 0.717) is 30.6 Å². The standard InChI is InChI=1S/C18H33N3O2.ClH/c1-21(14-6-3-2-4-7-14)18(22)12-20-16-9-5-8-15(16)17-13-23-11-10-19-17;/h14-17,19-20H,2-13H2,1H3;1H. The smallest absolute Gasteiger partial charge is 0.236 e. The number of morpholine rings is 1. The molecular weight excluding hydrogens is 326 g/mol. The summed E-state index contributed by atoms with van der Waals surface area (Å²) in [5.41, 5.74) is 0.